The average molecular weight is 462 g/mol. The molecule has 1 aliphatic heterocycles. The lowest BCUT2D eigenvalue weighted by atomic mass is 10.1. The van der Waals surface area contributed by atoms with Gasteiger partial charge in [-0.05, 0) is 64.5 Å². The van der Waals surface area contributed by atoms with E-state index in [0.717, 1.165) is 29.5 Å². The van der Waals surface area contributed by atoms with E-state index in [1.165, 1.54) is 6.07 Å². The summed E-state index contributed by atoms with van der Waals surface area (Å²) >= 11 is 3.15. The summed E-state index contributed by atoms with van der Waals surface area (Å²) in [6.07, 6.45) is 2.88. The van der Waals surface area contributed by atoms with E-state index in [9.17, 15) is 9.18 Å². The predicted molar refractivity (Wildman–Crippen MR) is 112 cm³/mol. The largest absolute Gasteiger partial charge is 0.497 e. The van der Waals surface area contributed by atoms with E-state index in [0.29, 0.717) is 23.0 Å². The summed E-state index contributed by atoms with van der Waals surface area (Å²) in [5.74, 6) is 0.352. The molecule has 1 fully saturated rings. The number of aromatic nitrogens is 1. The highest BCUT2D eigenvalue weighted by Crippen LogP contribution is 2.30. The first kappa shape index (κ1) is 20.1. The summed E-state index contributed by atoms with van der Waals surface area (Å²) in [6, 6.07) is 12.3. The van der Waals surface area contributed by atoms with E-state index < -0.39 is 5.82 Å². The Bertz CT molecular complexity index is 1070. The van der Waals surface area contributed by atoms with Crippen LogP contribution in [-0.2, 0) is 16.0 Å². The van der Waals surface area contributed by atoms with Crippen LogP contribution in [0, 0.1) is 5.82 Å². The number of methoxy groups -OCH3 is 1. The molecule has 0 amide bonds. The third-order valence-electron chi connectivity index (χ3n) is 5.08. The Morgan fingerprint density at radius 2 is 2.03 bits per heavy atom. The monoisotopic (exact) mass is 461 g/mol. The molecule has 1 aliphatic rings. The van der Waals surface area contributed by atoms with Crippen molar-refractivity contribution in [1.82, 2.24) is 4.57 Å². The molecular formula is C22H21BrFNO4. The summed E-state index contributed by atoms with van der Waals surface area (Å²) < 4.78 is 32.7. The van der Waals surface area contributed by atoms with E-state index in [1.54, 1.807) is 23.9 Å². The average Bonchev–Trinajstić information content (AvgIpc) is 3.20. The van der Waals surface area contributed by atoms with Crippen LogP contribution in [0.4, 0.5) is 4.39 Å². The third kappa shape index (κ3) is 4.37. The van der Waals surface area contributed by atoms with E-state index >= 15 is 0 Å². The molecule has 4 rings (SSSR count). The van der Waals surface area contributed by atoms with Gasteiger partial charge >= 0.3 is 0 Å². The van der Waals surface area contributed by atoms with E-state index in [-0.39, 0.29) is 18.0 Å². The SMILES string of the molecule is COc1ccc(C2OCC(CCCn3ccc4cc(Br)c(F)cc4c3=O)O2)cc1. The lowest BCUT2D eigenvalue weighted by Crippen LogP contribution is -2.21. The molecule has 0 bridgehead atoms. The van der Waals surface area contributed by atoms with Gasteiger partial charge in [0.2, 0.25) is 0 Å². The number of hydrogen-bond donors (Lipinski definition) is 0. The van der Waals surface area contributed by atoms with Crippen LogP contribution in [0.15, 0.2) is 57.9 Å². The molecular weight excluding hydrogens is 441 g/mol. The van der Waals surface area contributed by atoms with Gasteiger partial charge in [0.05, 0.1) is 29.7 Å². The summed E-state index contributed by atoms with van der Waals surface area (Å²) in [4.78, 5) is 12.6. The highest BCUT2D eigenvalue weighted by atomic mass is 79.9. The highest BCUT2D eigenvalue weighted by molar-refractivity contribution is 9.10. The lowest BCUT2D eigenvalue weighted by Gasteiger charge is -2.13. The van der Waals surface area contributed by atoms with Gasteiger partial charge in [-0.1, -0.05) is 12.1 Å². The standard InChI is InChI=1S/C22H21BrFNO4/c1-27-16-6-4-14(5-7-16)22-28-13-17(29-22)3-2-9-25-10-8-15-11-19(23)20(24)12-18(15)21(25)26/h4-8,10-12,17,22H,2-3,9,13H2,1H3. The maximum absolute atomic E-state index is 13.8. The summed E-state index contributed by atoms with van der Waals surface area (Å²) in [5, 5.41) is 1.10. The number of benzene rings is 2. The van der Waals surface area contributed by atoms with Crippen LogP contribution in [0.2, 0.25) is 0 Å². The van der Waals surface area contributed by atoms with Crippen molar-refractivity contribution < 1.29 is 18.6 Å². The Hall–Kier alpha value is -2.22. The van der Waals surface area contributed by atoms with E-state index in [2.05, 4.69) is 15.9 Å². The molecule has 0 spiro atoms. The molecule has 0 radical (unpaired) electrons. The van der Waals surface area contributed by atoms with Crippen LogP contribution in [0.1, 0.15) is 24.7 Å². The molecule has 5 nitrogen and oxygen atoms in total. The Kier molecular flexibility index (Phi) is 5.99. The molecule has 29 heavy (non-hydrogen) atoms. The van der Waals surface area contributed by atoms with Gasteiger partial charge in [-0.15, -0.1) is 0 Å². The molecule has 0 aliphatic carbocycles. The number of aryl methyl sites for hydroxylation is 1. The Morgan fingerprint density at radius 1 is 1.24 bits per heavy atom. The van der Waals surface area contributed by atoms with Gasteiger partial charge in [0.1, 0.15) is 11.6 Å². The zero-order valence-electron chi connectivity index (χ0n) is 15.9. The first-order valence-corrected chi connectivity index (χ1v) is 10.2. The van der Waals surface area contributed by atoms with Gasteiger partial charge in [0.15, 0.2) is 6.29 Å². The second-order valence-corrected chi connectivity index (χ2v) is 7.86. The minimum Gasteiger partial charge on any atom is -0.497 e. The third-order valence-corrected chi connectivity index (χ3v) is 5.69. The fraction of sp³-hybridized carbons (Fsp3) is 0.318. The Balaban J connectivity index is 1.35. The van der Waals surface area contributed by atoms with Gasteiger partial charge in [-0.2, -0.15) is 0 Å². The molecule has 2 aromatic carbocycles. The number of fused-ring (bicyclic) bond motifs is 1. The second-order valence-electron chi connectivity index (χ2n) is 7.01. The van der Waals surface area contributed by atoms with Crippen molar-refractivity contribution in [2.24, 2.45) is 0 Å². The molecule has 1 aromatic heterocycles. The first-order valence-electron chi connectivity index (χ1n) is 9.44. The van der Waals surface area contributed by atoms with Crippen LogP contribution in [0.3, 0.4) is 0 Å². The number of ether oxygens (including phenoxy) is 3. The van der Waals surface area contributed by atoms with Crippen LogP contribution in [0.5, 0.6) is 5.75 Å². The maximum Gasteiger partial charge on any atom is 0.258 e. The van der Waals surface area contributed by atoms with Crippen molar-refractivity contribution >= 4 is 26.7 Å². The number of halogens is 2. The lowest BCUT2D eigenvalue weighted by molar-refractivity contribution is -0.0614. The number of hydrogen-bond acceptors (Lipinski definition) is 4. The van der Waals surface area contributed by atoms with Crippen molar-refractivity contribution in [2.45, 2.75) is 31.8 Å². The summed E-state index contributed by atoms with van der Waals surface area (Å²) in [6.45, 7) is 1.06. The fourth-order valence-electron chi connectivity index (χ4n) is 3.48. The molecule has 7 heteroatoms. The van der Waals surface area contributed by atoms with E-state index in [4.69, 9.17) is 14.2 Å². The van der Waals surface area contributed by atoms with Crippen molar-refractivity contribution in [1.29, 1.82) is 0 Å². The van der Waals surface area contributed by atoms with E-state index in [1.807, 2.05) is 30.3 Å². The van der Waals surface area contributed by atoms with Crippen molar-refractivity contribution in [3.63, 3.8) is 0 Å². The molecule has 2 heterocycles. The van der Waals surface area contributed by atoms with Crippen LogP contribution in [0.25, 0.3) is 10.8 Å². The maximum atomic E-state index is 13.8. The molecule has 0 N–H and O–H groups in total. The zero-order valence-corrected chi connectivity index (χ0v) is 17.5. The minimum atomic E-state index is -0.437. The van der Waals surface area contributed by atoms with Crippen LogP contribution < -0.4 is 10.3 Å². The van der Waals surface area contributed by atoms with Crippen molar-refractivity contribution in [3.05, 3.63) is 74.9 Å². The minimum absolute atomic E-state index is 0.0216. The first-order chi connectivity index (χ1) is 14.0. The normalized spacial score (nSPS) is 19.0. The van der Waals surface area contributed by atoms with Gasteiger partial charge in [-0.3, -0.25) is 4.79 Å². The zero-order chi connectivity index (χ0) is 20.4. The number of rotatable bonds is 6. The predicted octanol–water partition coefficient (Wildman–Crippen LogP) is 4.81. The quantitative estimate of drug-likeness (QED) is 0.528. The van der Waals surface area contributed by atoms with Crippen molar-refractivity contribution in [3.8, 4) is 5.75 Å². The van der Waals surface area contributed by atoms with Gasteiger partial charge in [0.25, 0.3) is 5.56 Å². The molecule has 1 saturated heterocycles. The molecule has 0 saturated carbocycles. The molecule has 3 aromatic rings. The second kappa shape index (κ2) is 8.65. The summed E-state index contributed by atoms with van der Waals surface area (Å²) in [7, 11) is 1.63. The van der Waals surface area contributed by atoms with Gasteiger partial charge in [0, 0.05) is 18.3 Å². The number of nitrogens with zero attached hydrogens (tertiary/aromatic N) is 1. The van der Waals surface area contributed by atoms with Crippen molar-refractivity contribution in [2.75, 3.05) is 13.7 Å². The fourth-order valence-corrected chi connectivity index (χ4v) is 3.84. The van der Waals surface area contributed by atoms with Gasteiger partial charge in [-0.25, -0.2) is 4.39 Å². The van der Waals surface area contributed by atoms with Gasteiger partial charge < -0.3 is 18.8 Å². The highest BCUT2D eigenvalue weighted by Gasteiger charge is 2.27. The summed E-state index contributed by atoms with van der Waals surface area (Å²) in [5.41, 5.74) is 0.765. The number of pyridine rings is 1. The Morgan fingerprint density at radius 3 is 2.79 bits per heavy atom. The molecule has 152 valence electrons. The topological polar surface area (TPSA) is 49.7 Å². The van der Waals surface area contributed by atoms with Crippen LogP contribution in [-0.4, -0.2) is 24.4 Å². The smallest absolute Gasteiger partial charge is 0.258 e. The molecule has 2 atom stereocenters. The van der Waals surface area contributed by atoms with Crippen LogP contribution >= 0.6 is 15.9 Å². The Labute approximate surface area is 176 Å². The molecule has 2 unspecified atom stereocenters.